The topological polar surface area (TPSA) is 37.8 Å². The van der Waals surface area contributed by atoms with Gasteiger partial charge in [0.1, 0.15) is 5.82 Å². The molecule has 0 aliphatic rings. The van der Waals surface area contributed by atoms with Gasteiger partial charge in [0.05, 0.1) is 17.3 Å². The highest BCUT2D eigenvalue weighted by molar-refractivity contribution is 6.35. The van der Waals surface area contributed by atoms with E-state index in [1.165, 1.54) is 0 Å². The second kappa shape index (κ2) is 5.14. The maximum absolute atomic E-state index is 6.00. The molecule has 0 amide bonds. The molecule has 2 aromatic rings. The summed E-state index contributed by atoms with van der Waals surface area (Å²) in [5.41, 5.74) is 0.779. The minimum Gasteiger partial charge on any atom is -0.376 e. The zero-order valence-electron chi connectivity index (χ0n) is 8.32. The zero-order chi connectivity index (χ0) is 11.4. The maximum atomic E-state index is 6.00. The van der Waals surface area contributed by atoms with Gasteiger partial charge in [-0.1, -0.05) is 23.2 Å². The van der Waals surface area contributed by atoms with Gasteiger partial charge in [-0.25, -0.2) is 9.97 Å². The Morgan fingerprint density at radius 1 is 1.12 bits per heavy atom. The monoisotopic (exact) mass is 253 g/mol. The van der Waals surface area contributed by atoms with Crippen molar-refractivity contribution in [3.63, 3.8) is 0 Å². The highest BCUT2D eigenvalue weighted by Crippen LogP contribution is 2.25. The number of hydrogen-bond donors (Lipinski definition) is 1. The molecule has 0 aliphatic carbocycles. The van der Waals surface area contributed by atoms with Gasteiger partial charge in [0, 0.05) is 17.4 Å². The Kier molecular flexibility index (Phi) is 3.59. The SMILES string of the molecule is Clc1ccc(Cl)c(NCc2ncccn2)c1. The average molecular weight is 254 g/mol. The molecule has 0 saturated heterocycles. The van der Waals surface area contributed by atoms with Gasteiger partial charge in [-0.15, -0.1) is 0 Å². The Morgan fingerprint density at radius 2 is 1.88 bits per heavy atom. The third-order valence-corrected chi connectivity index (χ3v) is 2.55. The number of nitrogens with one attached hydrogen (secondary N) is 1. The van der Waals surface area contributed by atoms with E-state index in [0.29, 0.717) is 22.4 Å². The molecule has 0 fully saturated rings. The highest BCUT2D eigenvalue weighted by atomic mass is 35.5. The highest BCUT2D eigenvalue weighted by Gasteiger charge is 2.01. The lowest BCUT2D eigenvalue weighted by molar-refractivity contribution is 0.948. The summed E-state index contributed by atoms with van der Waals surface area (Å²) in [5.74, 6) is 0.707. The molecule has 0 saturated carbocycles. The van der Waals surface area contributed by atoms with Crippen LogP contribution < -0.4 is 5.32 Å². The van der Waals surface area contributed by atoms with Crippen LogP contribution in [0.25, 0.3) is 0 Å². The molecule has 0 bridgehead atoms. The summed E-state index contributed by atoms with van der Waals surface area (Å²) in [5, 5.41) is 4.39. The van der Waals surface area contributed by atoms with Crippen molar-refractivity contribution in [1.82, 2.24) is 9.97 Å². The maximum Gasteiger partial charge on any atom is 0.147 e. The fourth-order valence-corrected chi connectivity index (χ4v) is 1.58. The van der Waals surface area contributed by atoms with Crippen LogP contribution in [0.2, 0.25) is 10.0 Å². The Balaban J connectivity index is 2.08. The molecule has 0 unspecified atom stereocenters. The predicted molar refractivity (Wildman–Crippen MR) is 65.8 cm³/mol. The van der Waals surface area contributed by atoms with E-state index in [2.05, 4.69) is 15.3 Å². The lowest BCUT2D eigenvalue weighted by atomic mass is 10.3. The van der Waals surface area contributed by atoms with E-state index in [1.54, 1.807) is 36.7 Å². The van der Waals surface area contributed by atoms with Crippen LogP contribution in [-0.2, 0) is 6.54 Å². The van der Waals surface area contributed by atoms with Crippen molar-refractivity contribution in [3.8, 4) is 0 Å². The van der Waals surface area contributed by atoms with Crippen molar-refractivity contribution in [1.29, 1.82) is 0 Å². The van der Waals surface area contributed by atoms with Gasteiger partial charge < -0.3 is 5.32 Å². The molecule has 16 heavy (non-hydrogen) atoms. The predicted octanol–water partition coefficient (Wildman–Crippen LogP) is 3.40. The average Bonchev–Trinajstić information content (AvgIpc) is 2.32. The summed E-state index contributed by atoms with van der Waals surface area (Å²) in [6.07, 6.45) is 3.40. The van der Waals surface area contributed by atoms with Gasteiger partial charge >= 0.3 is 0 Å². The minimum atomic E-state index is 0.515. The fraction of sp³-hybridized carbons (Fsp3) is 0.0909. The minimum absolute atomic E-state index is 0.515. The van der Waals surface area contributed by atoms with Crippen LogP contribution in [-0.4, -0.2) is 9.97 Å². The van der Waals surface area contributed by atoms with Crippen molar-refractivity contribution in [2.45, 2.75) is 6.54 Å². The van der Waals surface area contributed by atoms with E-state index < -0.39 is 0 Å². The molecular weight excluding hydrogens is 245 g/mol. The van der Waals surface area contributed by atoms with Gasteiger partial charge in [0.2, 0.25) is 0 Å². The number of rotatable bonds is 3. The summed E-state index contributed by atoms with van der Waals surface area (Å²) in [6, 6.07) is 7.04. The second-order valence-electron chi connectivity index (χ2n) is 3.14. The number of nitrogens with zero attached hydrogens (tertiary/aromatic N) is 2. The molecule has 82 valence electrons. The molecular formula is C11H9Cl2N3. The molecule has 0 spiro atoms. The quantitative estimate of drug-likeness (QED) is 0.912. The first-order chi connectivity index (χ1) is 7.75. The van der Waals surface area contributed by atoms with Crippen molar-refractivity contribution in [3.05, 3.63) is 52.5 Å². The Labute approximate surface area is 103 Å². The van der Waals surface area contributed by atoms with Crippen LogP contribution >= 0.6 is 23.2 Å². The van der Waals surface area contributed by atoms with Gasteiger partial charge in [-0.2, -0.15) is 0 Å². The molecule has 2 rings (SSSR count). The first-order valence-corrected chi connectivity index (χ1v) is 5.46. The van der Waals surface area contributed by atoms with Crippen molar-refractivity contribution >= 4 is 28.9 Å². The lowest BCUT2D eigenvalue weighted by Gasteiger charge is -2.07. The van der Waals surface area contributed by atoms with Gasteiger partial charge in [0.25, 0.3) is 0 Å². The third-order valence-electron chi connectivity index (χ3n) is 1.98. The number of halogens is 2. The fourth-order valence-electron chi connectivity index (χ4n) is 1.23. The largest absolute Gasteiger partial charge is 0.376 e. The van der Waals surface area contributed by atoms with Crippen LogP contribution in [0.15, 0.2) is 36.7 Å². The molecule has 1 heterocycles. The zero-order valence-corrected chi connectivity index (χ0v) is 9.83. The molecule has 0 radical (unpaired) electrons. The second-order valence-corrected chi connectivity index (χ2v) is 3.99. The summed E-state index contributed by atoms with van der Waals surface area (Å²) < 4.78 is 0. The van der Waals surface area contributed by atoms with Crippen LogP contribution in [0.3, 0.4) is 0 Å². The Morgan fingerprint density at radius 3 is 2.62 bits per heavy atom. The number of anilines is 1. The van der Waals surface area contributed by atoms with Gasteiger partial charge in [0.15, 0.2) is 0 Å². The Bertz CT molecular complexity index is 474. The molecule has 0 aliphatic heterocycles. The smallest absolute Gasteiger partial charge is 0.147 e. The van der Waals surface area contributed by atoms with E-state index >= 15 is 0 Å². The summed E-state index contributed by atoms with van der Waals surface area (Å²) >= 11 is 11.9. The van der Waals surface area contributed by atoms with E-state index in [1.807, 2.05) is 0 Å². The van der Waals surface area contributed by atoms with Crippen LogP contribution in [0.1, 0.15) is 5.82 Å². The summed E-state index contributed by atoms with van der Waals surface area (Å²) in [4.78, 5) is 8.19. The molecule has 5 heteroatoms. The summed E-state index contributed by atoms with van der Waals surface area (Å²) in [7, 11) is 0. The third kappa shape index (κ3) is 2.84. The first-order valence-electron chi connectivity index (χ1n) is 4.70. The molecule has 3 nitrogen and oxygen atoms in total. The molecule has 0 atom stereocenters. The molecule has 1 aromatic carbocycles. The van der Waals surface area contributed by atoms with E-state index in [-0.39, 0.29) is 0 Å². The first kappa shape index (κ1) is 11.2. The number of benzene rings is 1. The van der Waals surface area contributed by atoms with E-state index in [0.717, 1.165) is 5.69 Å². The van der Waals surface area contributed by atoms with Crippen LogP contribution in [0.5, 0.6) is 0 Å². The Hall–Kier alpha value is -1.32. The van der Waals surface area contributed by atoms with E-state index in [9.17, 15) is 0 Å². The van der Waals surface area contributed by atoms with Crippen molar-refractivity contribution < 1.29 is 0 Å². The number of aromatic nitrogens is 2. The van der Waals surface area contributed by atoms with Crippen LogP contribution in [0, 0.1) is 0 Å². The normalized spacial score (nSPS) is 10.1. The van der Waals surface area contributed by atoms with E-state index in [4.69, 9.17) is 23.2 Å². The van der Waals surface area contributed by atoms with Gasteiger partial charge in [-0.3, -0.25) is 0 Å². The standard InChI is InChI=1S/C11H9Cl2N3/c12-8-2-3-9(13)10(6-8)16-7-11-14-4-1-5-15-11/h1-6,16H,7H2. The van der Waals surface area contributed by atoms with Crippen molar-refractivity contribution in [2.75, 3.05) is 5.32 Å². The van der Waals surface area contributed by atoms with Crippen molar-refractivity contribution in [2.24, 2.45) is 0 Å². The molecule has 1 aromatic heterocycles. The summed E-state index contributed by atoms with van der Waals surface area (Å²) in [6.45, 7) is 0.515. The molecule has 1 N–H and O–H groups in total. The van der Waals surface area contributed by atoms with Crippen LogP contribution in [0.4, 0.5) is 5.69 Å². The van der Waals surface area contributed by atoms with Gasteiger partial charge in [-0.05, 0) is 24.3 Å². The number of hydrogen-bond acceptors (Lipinski definition) is 3. The lowest BCUT2D eigenvalue weighted by Crippen LogP contribution is -2.03.